The molecule has 0 radical (unpaired) electrons. The summed E-state index contributed by atoms with van der Waals surface area (Å²) in [6.07, 6.45) is 0.677. The molecular weight excluding hydrogens is 202 g/mol. The smallest absolute Gasteiger partial charge is 0.120 e. The first-order valence-electron chi connectivity index (χ1n) is 5.57. The first-order valence-corrected chi connectivity index (χ1v) is 5.57. The average molecular weight is 219 g/mol. The summed E-state index contributed by atoms with van der Waals surface area (Å²) in [6.45, 7) is 4.55. The van der Waals surface area contributed by atoms with Gasteiger partial charge in [-0.2, -0.15) is 5.26 Å². The highest BCUT2D eigenvalue weighted by atomic mass is 16.3. The number of β-amino-alcohol motifs (C(OH)–C–C–N with tert-alkyl or cyclic N) is 1. The van der Waals surface area contributed by atoms with Crippen LogP contribution in [-0.2, 0) is 13.6 Å². The Kier molecular flexibility index (Phi) is 2.99. The Morgan fingerprint density at radius 3 is 2.88 bits per heavy atom. The van der Waals surface area contributed by atoms with Crippen molar-refractivity contribution in [2.75, 3.05) is 13.1 Å². The Morgan fingerprint density at radius 2 is 2.38 bits per heavy atom. The van der Waals surface area contributed by atoms with Gasteiger partial charge in [0.25, 0.3) is 0 Å². The van der Waals surface area contributed by atoms with Gasteiger partial charge in [-0.3, -0.25) is 4.90 Å². The maximum Gasteiger partial charge on any atom is 0.120 e. The minimum absolute atomic E-state index is 0.181. The molecule has 86 valence electrons. The number of aliphatic hydroxyl groups is 1. The van der Waals surface area contributed by atoms with Crippen LogP contribution >= 0.6 is 0 Å². The summed E-state index contributed by atoms with van der Waals surface area (Å²) in [5.41, 5.74) is 3.03. The zero-order valence-corrected chi connectivity index (χ0v) is 9.77. The molecule has 1 aromatic rings. The van der Waals surface area contributed by atoms with Crippen LogP contribution in [0.3, 0.4) is 0 Å². The first kappa shape index (κ1) is 11.2. The summed E-state index contributed by atoms with van der Waals surface area (Å²) >= 11 is 0. The molecule has 2 rings (SSSR count). The zero-order chi connectivity index (χ0) is 11.7. The van der Waals surface area contributed by atoms with E-state index in [1.807, 2.05) is 24.6 Å². The summed E-state index contributed by atoms with van der Waals surface area (Å²) in [7, 11) is 1.91. The van der Waals surface area contributed by atoms with Crippen molar-refractivity contribution < 1.29 is 5.11 Å². The van der Waals surface area contributed by atoms with Crippen LogP contribution in [0.25, 0.3) is 0 Å². The van der Waals surface area contributed by atoms with Crippen LogP contribution in [0.4, 0.5) is 0 Å². The van der Waals surface area contributed by atoms with E-state index in [-0.39, 0.29) is 6.10 Å². The van der Waals surface area contributed by atoms with Crippen molar-refractivity contribution >= 4 is 0 Å². The number of rotatable bonds is 2. The van der Waals surface area contributed by atoms with Crippen LogP contribution < -0.4 is 0 Å². The summed E-state index contributed by atoms with van der Waals surface area (Å²) in [5, 5.41) is 18.4. The molecule has 1 aromatic heterocycles. The third-order valence-corrected chi connectivity index (χ3v) is 3.40. The van der Waals surface area contributed by atoms with E-state index in [4.69, 9.17) is 5.26 Å². The van der Waals surface area contributed by atoms with Crippen molar-refractivity contribution in [1.29, 1.82) is 5.26 Å². The molecule has 1 N–H and O–H groups in total. The number of hydrogen-bond acceptors (Lipinski definition) is 3. The van der Waals surface area contributed by atoms with Gasteiger partial charge in [0.2, 0.25) is 0 Å². The van der Waals surface area contributed by atoms with Crippen molar-refractivity contribution in [3.63, 3.8) is 0 Å². The molecule has 0 spiro atoms. The van der Waals surface area contributed by atoms with E-state index in [0.29, 0.717) is 5.69 Å². The fourth-order valence-electron chi connectivity index (χ4n) is 2.23. The minimum atomic E-state index is -0.181. The standard InChI is InChI=1S/C12H17N3O/c1-9-10(5-11(6-13)14(9)2)7-15-4-3-12(16)8-15/h5,12,16H,3-4,7-8H2,1-2H3/t12-/m1/s1. The van der Waals surface area contributed by atoms with E-state index in [1.165, 1.54) is 5.56 Å². The lowest BCUT2D eigenvalue weighted by Crippen LogP contribution is -2.21. The highest BCUT2D eigenvalue weighted by molar-refractivity contribution is 5.34. The molecule has 0 unspecified atom stereocenters. The van der Waals surface area contributed by atoms with Gasteiger partial charge >= 0.3 is 0 Å². The summed E-state index contributed by atoms with van der Waals surface area (Å²) < 4.78 is 1.92. The molecule has 1 aliphatic rings. The van der Waals surface area contributed by atoms with Crippen molar-refractivity contribution in [2.24, 2.45) is 7.05 Å². The van der Waals surface area contributed by atoms with Crippen LogP contribution in [0.15, 0.2) is 6.07 Å². The quantitative estimate of drug-likeness (QED) is 0.799. The molecule has 1 aliphatic heterocycles. The van der Waals surface area contributed by atoms with E-state index in [0.717, 1.165) is 31.7 Å². The summed E-state index contributed by atoms with van der Waals surface area (Å²) in [6, 6.07) is 4.13. The molecule has 0 bridgehead atoms. The number of aliphatic hydroxyl groups excluding tert-OH is 1. The lowest BCUT2D eigenvalue weighted by atomic mass is 10.2. The Morgan fingerprint density at radius 1 is 1.62 bits per heavy atom. The Labute approximate surface area is 95.7 Å². The SMILES string of the molecule is Cc1c(CN2CC[C@@H](O)C2)cc(C#N)n1C. The maximum atomic E-state index is 9.45. The van der Waals surface area contributed by atoms with Crippen molar-refractivity contribution in [3.05, 3.63) is 23.0 Å². The Hall–Kier alpha value is -1.31. The third-order valence-electron chi connectivity index (χ3n) is 3.40. The van der Waals surface area contributed by atoms with E-state index in [1.54, 1.807) is 0 Å². The number of aromatic nitrogens is 1. The number of hydrogen-bond donors (Lipinski definition) is 1. The first-order chi connectivity index (χ1) is 7.61. The van der Waals surface area contributed by atoms with Crippen molar-refractivity contribution in [1.82, 2.24) is 9.47 Å². The van der Waals surface area contributed by atoms with Gasteiger partial charge in [0.15, 0.2) is 0 Å². The highest BCUT2D eigenvalue weighted by Crippen LogP contribution is 2.18. The van der Waals surface area contributed by atoms with E-state index in [9.17, 15) is 5.11 Å². The molecule has 1 atom stereocenters. The van der Waals surface area contributed by atoms with E-state index in [2.05, 4.69) is 11.0 Å². The molecule has 0 amide bonds. The number of nitrogens with zero attached hydrogens (tertiary/aromatic N) is 3. The van der Waals surface area contributed by atoms with Gasteiger partial charge in [-0.05, 0) is 25.0 Å². The highest BCUT2D eigenvalue weighted by Gasteiger charge is 2.21. The monoisotopic (exact) mass is 219 g/mol. The number of likely N-dealkylation sites (tertiary alicyclic amines) is 1. The van der Waals surface area contributed by atoms with Crippen LogP contribution in [0.5, 0.6) is 0 Å². The third kappa shape index (κ3) is 1.97. The Balaban J connectivity index is 2.13. The lowest BCUT2D eigenvalue weighted by Gasteiger charge is -2.14. The molecule has 4 nitrogen and oxygen atoms in total. The normalized spacial score (nSPS) is 21.2. The Bertz CT molecular complexity index is 430. The maximum absolute atomic E-state index is 9.45. The fourth-order valence-corrected chi connectivity index (χ4v) is 2.23. The predicted molar refractivity (Wildman–Crippen MR) is 60.8 cm³/mol. The lowest BCUT2D eigenvalue weighted by molar-refractivity contribution is 0.174. The number of nitriles is 1. The summed E-state index contributed by atoms with van der Waals surface area (Å²) in [4.78, 5) is 2.23. The molecule has 2 heterocycles. The van der Waals surface area contributed by atoms with Crippen LogP contribution in [0.2, 0.25) is 0 Å². The van der Waals surface area contributed by atoms with Crippen LogP contribution in [0, 0.1) is 18.3 Å². The molecule has 4 heteroatoms. The molecular formula is C12H17N3O. The second-order valence-corrected chi connectivity index (χ2v) is 4.49. The molecule has 0 aromatic carbocycles. The summed E-state index contributed by atoms with van der Waals surface area (Å²) in [5.74, 6) is 0. The molecule has 16 heavy (non-hydrogen) atoms. The van der Waals surface area contributed by atoms with E-state index < -0.39 is 0 Å². The molecule has 0 saturated carbocycles. The second kappa shape index (κ2) is 4.28. The zero-order valence-electron chi connectivity index (χ0n) is 9.77. The second-order valence-electron chi connectivity index (χ2n) is 4.49. The topological polar surface area (TPSA) is 52.2 Å². The van der Waals surface area contributed by atoms with Crippen LogP contribution in [-0.4, -0.2) is 33.8 Å². The van der Waals surface area contributed by atoms with Gasteiger partial charge in [0.05, 0.1) is 6.10 Å². The van der Waals surface area contributed by atoms with E-state index >= 15 is 0 Å². The van der Waals surface area contributed by atoms with Gasteiger partial charge < -0.3 is 9.67 Å². The fraction of sp³-hybridized carbons (Fsp3) is 0.583. The van der Waals surface area contributed by atoms with Crippen molar-refractivity contribution in [2.45, 2.75) is 26.0 Å². The molecule has 1 saturated heterocycles. The minimum Gasteiger partial charge on any atom is -0.392 e. The molecule has 1 fully saturated rings. The van der Waals surface area contributed by atoms with Crippen molar-refractivity contribution in [3.8, 4) is 6.07 Å². The van der Waals surface area contributed by atoms with Gasteiger partial charge in [-0.15, -0.1) is 0 Å². The van der Waals surface area contributed by atoms with Gasteiger partial charge in [-0.1, -0.05) is 0 Å². The van der Waals surface area contributed by atoms with Gasteiger partial charge in [0, 0.05) is 32.4 Å². The predicted octanol–water partition coefficient (Wildman–Crippen LogP) is 0.772. The molecule has 0 aliphatic carbocycles. The van der Waals surface area contributed by atoms with Crippen LogP contribution in [0.1, 0.15) is 23.4 Å². The van der Waals surface area contributed by atoms with Gasteiger partial charge in [0.1, 0.15) is 11.8 Å². The largest absolute Gasteiger partial charge is 0.392 e. The average Bonchev–Trinajstić information content (AvgIpc) is 2.78. The van der Waals surface area contributed by atoms with Gasteiger partial charge in [-0.25, -0.2) is 0 Å².